The van der Waals surface area contributed by atoms with Gasteiger partial charge in [0, 0.05) is 24.2 Å². The largest absolute Gasteiger partial charge is 0.389 e. The van der Waals surface area contributed by atoms with Gasteiger partial charge in [-0.15, -0.1) is 0 Å². The summed E-state index contributed by atoms with van der Waals surface area (Å²) >= 11 is 0. The Kier molecular flexibility index (Phi) is 7.82. The van der Waals surface area contributed by atoms with Crippen LogP contribution in [-0.4, -0.2) is 39.4 Å². The Morgan fingerprint density at radius 2 is 1.87 bits per heavy atom. The second kappa shape index (κ2) is 10.8. The summed E-state index contributed by atoms with van der Waals surface area (Å²) in [4.78, 5) is 14.8. The highest BCUT2D eigenvalue weighted by atomic mass is 16.6. The van der Waals surface area contributed by atoms with Crippen molar-refractivity contribution in [2.24, 2.45) is 5.92 Å². The number of aliphatic hydroxyl groups excluding tert-OH is 1. The summed E-state index contributed by atoms with van der Waals surface area (Å²) in [6.07, 6.45) is -0.693. The van der Waals surface area contributed by atoms with Gasteiger partial charge in [-0.3, -0.25) is 10.1 Å². The van der Waals surface area contributed by atoms with Crippen LogP contribution >= 0.6 is 0 Å². The number of nitrogens with one attached hydrogen (secondary N) is 1. The van der Waals surface area contributed by atoms with E-state index in [1.807, 2.05) is 44.2 Å². The zero-order valence-corrected chi connectivity index (χ0v) is 17.5. The van der Waals surface area contributed by atoms with E-state index < -0.39 is 11.0 Å². The third-order valence-electron chi connectivity index (χ3n) is 4.71. The number of hydrogen-bond acceptors (Lipinski definition) is 8. The number of hydrogen-bond donors (Lipinski definition) is 2. The molecular weight excluding hydrogens is 400 g/mol. The molecule has 1 heterocycles. The normalized spacial score (nSPS) is 13.3. The number of nitro groups is 1. The van der Waals surface area contributed by atoms with E-state index in [9.17, 15) is 15.2 Å². The van der Waals surface area contributed by atoms with Gasteiger partial charge in [0.1, 0.15) is 0 Å². The highest BCUT2D eigenvalue weighted by Crippen LogP contribution is 2.24. The molecule has 3 rings (SSSR count). The number of benzene rings is 2. The van der Waals surface area contributed by atoms with Crippen LogP contribution in [0.4, 0.5) is 5.69 Å². The van der Waals surface area contributed by atoms with Gasteiger partial charge >= 0.3 is 0 Å². The lowest BCUT2D eigenvalue weighted by Crippen LogP contribution is -2.35. The molecular formula is C22H26N4O5. The molecule has 9 heteroatoms. The summed E-state index contributed by atoms with van der Waals surface area (Å²) in [5, 5.41) is 28.3. The maximum atomic E-state index is 10.8. The van der Waals surface area contributed by atoms with Gasteiger partial charge < -0.3 is 19.7 Å². The molecule has 2 aromatic carbocycles. The number of non-ortho nitro benzene ring substituents is 1. The first-order valence-corrected chi connectivity index (χ1v) is 10.1. The van der Waals surface area contributed by atoms with E-state index in [0.29, 0.717) is 30.4 Å². The van der Waals surface area contributed by atoms with Crippen molar-refractivity contribution in [2.45, 2.75) is 32.6 Å². The molecule has 1 aromatic heterocycles. The van der Waals surface area contributed by atoms with E-state index in [2.05, 4.69) is 15.5 Å². The fourth-order valence-corrected chi connectivity index (χ4v) is 3.03. The number of nitrogens with zero attached hydrogens (tertiary/aromatic N) is 3. The molecule has 0 radical (unpaired) electrons. The topological polar surface area (TPSA) is 124 Å². The average molecular weight is 426 g/mol. The Bertz CT molecular complexity index is 960. The zero-order chi connectivity index (χ0) is 22.2. The molecule has 164 valence electrons. The molecule has 0 aliphatic rings. The van der Waals surface area contributed by atoms with Crippen molar-refractivity contribution in [1.29, 1.82) is 0 Å². The molecule has 3 aromatic rings. The Labute approximate surface area is 180 Å². The SMILES string of the molecule is CC(C)[C@H](NC[C@@H](O)COCc1ccccc1)c1nc(-c2ccc([N+](=O)[O-])cc2)no1. The standard InChI is InChI=1S/C22H26N4O5/c1-15(2)20(23-12-19(27)14-30-13-16-6-4-3-5-7-16)22-24-21(25-31-22)17-8-10-18(11-9-17)26(28)29/h3-11,15,19-20,23,27H,12-14H2,1-2H3/t19-,20+/m1/s1. The zero-order valence-electron chi connectivity index (χ0n) is 17.5. The van der Waals surface area contributed by atoms with Crippen LogP contribution < -0.4 is 5.32 Å². The molecule has 0 saturated carbocycles. The fourth-order valence-electron chi connectivity index (χ4n) is 3.03. The number of aliphatic hydroxyl groups is 1. The molecule has 0 fully saturated rings. The summed E-state index contributed by atoms with van der Waals surface area (Å²) < 4.78 is 11.0. The van der Waals surface area contributed by atoms with E-state index in [1.54, 1.807) is 12.1 Å². The van der Waals surface area contributed by atoms with Gasteiger partial charge in [0.25, 0.3) is 5.69 Å². The predicted octanol–water partition coefficient (Wildman–Crippen LogP) is 3.51. The number of rotatable bonds is 11. The Hall–Kier alpha value is -3.14. The number of nitro benzene ring substituents is 1. The van der Waals surface area contributed by atoms with Crippen LogP contribution in [0.15, 0.2) is 59.1 Å². The first-order valence-electron chi connectivity index (χ1n) is 10.1. The number of ether oxygens (including phenoxy) is 1. The molecule has 0 aliphatic carbocycles. The smallest absolute Gasteiger partial charge is 0.269 e. The minimum Gasteiger partial charge on any atom is -0.389 e. The minimum absolute atomic E-state index is 0.00216. The van der Waals surface area contributed by atoms with Gasteiger partial charge in [-0.25, -0.2) is 0 Å². The lowest BCUT2D eigenvalue weighted by molar-refractivity contribution is -0.384. The molecule has 0 amide bonds. The lowest BCUT2D eigenvalue weighted by Gasteiger charge is -2.20. The van der Waals surface area contributed by atoms with Gasteiger partial charge in [-0.2, -0.15) is 4.98 Å². The van der Waals surface area contributed by atoms with Crippen molar-refractivity contribution in [2.75, 3.05) is 13.2 Å². The number of aromatic nitrogens is 2. The predicted molar refractivity (Wildman–Crippen MR) is 114 cm³/mol. The molecule has 9 nitrogen and oxygen atoms in total. The van der Waals surface area contributed by atoms with E-state index in [4.69, 9.17) is 9.26 Å². The monoisotopic (exact) mass is 426 g/mol. The summed E-state index contributed by atoms with van der Waals surface area (Å²) in [6.45, 7) is 4.95. The first kappa shape index (κ1) is 22.5. The van der Waals surface area contributed by atoms with Crippen molar-refractivity contribution in [3.8, 4) is 11.4 Å². The van der Waals surface area contributed by atoms with Crippen molar-refractivity contribution in [3.05, 3.63) is 76.2 Å². The van der Waals surface area contributed by atoms with Crippen LogP contribution in [0.25, 0.3) is 11.4 Å². The van der Waals surface area contributed by atoms with E-state index in [-0.39, 0.29) is 24.3 Å². The fraction of sp³-hybridized carbons (Fsp3) is 0.364. The first-order chi connectivity index (χ1) is 14.9. The Morgan fingerprint density at radius 1 is 1.16 bits per heavy atom. The Morgan fingerprint density at radius 3 is 2.52 bits per heavy atom. The molecule has 2 N–H and O–H groups in total. The van der Waals surface area contributed by atoms with Gasteiger partial charge in [0.2, 0.25) is 11.7 Å². The van der Waals surface area contributed by atoms with E-state index in [0.717, 1.165) is 5.56 Å². The maximum absolute atomic E-state index is 10.8. The van der Waals surface area contributed by atoms with Crippen LogP contribution in [0.2, 0.25) is 0 Å². The molecule has 31 heavy (non-hydrogen) atoms. The van der Waals surface area contributed by atoms with Crippen LogP contribution in [0.1, 0.15) is 31.3 Å². The summed E-state index contributed by atoms with van der Waals surface area (Å²) in [5.74, 6) is 0.868. The third-order valence-corrected chi connectivity index (χ3v) is 4.71. The van der Waals surface area contributed by atoms with Gasteiger partial charge in [-0.05, 0) is 23.6 Å². The highest BCUT2D eigenvalue weighted by molar-refractivity contribution is 5.56. The highest BCUT2D eigenvalue weighted by Gasteiger charge is 2.23. The Balaban J connectivity index is 1.55. The minimum atomic E-state index is -0.693. The van der Waals surface area contributed by atoms with Crippen molar-refractivity contribution in [1.82, 2.24) is 15.5 Å². The van der Waals surface area contributed by atoms with Crippen molar-refractivity contribution in [3.63, 3.8) is 0 Å². The van der Waals surface area contributed by atoms with E-state index >= 15 is 0 Å². The summed E-state index contributed by atoms with van der Waals surface area (Å²) in [6, 6.07) is 15.5. The average Bonchev–Trinajstić information content (AvgIpc) is 3.24. The van der Waals surface area contributed by atoms with Crippen molar-refractivity contribution < 1.29 is 19.3 Å². The molecule has 0 spiro atoms. The van der Waals surface area contributed by atoms with E-state index in [1.165, 1.54) is 12.1 Å². The van der Waals surface area contributed by atoms with Gasteiger partial charge in [0.15, 0.2) is 0 Å². The second-order valence-electron chi connectivity index (χ2n) is 7.54. The quantitative estimate of drug-likeness (QED) is 0.353. The van der Waals surface area contributed by atoms with Gasteiger partial charge in [0.05, 0.1) is 30.3 Å². The van der Waals surface area contributed by atoms with Crippen molar-refractivity contribution >= 4 is 5.69 Å². The lowest BCUT2D eigenvalue weighted by atomic mass is 10.0. The van der Waals surface area contributed by atoms with Gasteiger partial charge in [-0.1, -0.05) is 49.3 Å². The van der Waals surface area contributed by atoms with Crippen LogP contribution in [-0.2, 0) is 11.3 Å². The molecule has 0 aliphatic heterocycles. The van der Waals surface area contributed by atoms with Crippen LogP contribution in [0.3, 0.4) is 0 Å². The molecule has 0 saturated heterocycles. The molecule has 0 unspecified atom stereocenters. The maximum Gasteiger partial charge on any atom is 0.269 e. The van der Waals surface area contributed by atoms with Crippen LogP contribution in [0.5, 0.6) is 0 Å². The summed E-state index contributed by atoms with van der Waals surface area (Å²) in [7, 11) is 0. The summed E-state index contributed by atoms with van der Waals surface area (Å²) in [5.41, 5.74) is 1.67. The molecule has 2 atom stereocenters. The third kappa shape index (κ3) is 6.42. The van der Waals surface area contributed by atoms with Crippen LogP contribution in [0, 0.1) is 16.0 Å². The second-order valence-corrected chi connectivity index (χ2v) is 7.54. The molecule has 0 bridgehead atoms.